The summed E-state index contributed by atoms with van der Waals surface area (Å²) in [6.07, 6.45) is 5.21. The molecule has 0 amide bonds. The number of aromatic nitrogens is 2. The van der Waals surface area contributed by atoms with Crippen LogP contribution in [0.5, 0.6) is 0 Å². The molecule has 94 valence electrons. The zero-order valence-electron chi connectivity index (χ0n) is 10.5. The van der Waals surface area contributed by atoms with Crippen molar-refractivity contribution in [3.8, 4) is 0 Å². The highest BCUT2D eigenvalue weighted by molar-refractivity contribution is 9.10. The number of hydrogen-bond donors (Lipinski definition) is 1. The van der Waals surface area contributed by atoms with E-state index in [1.807, 2.05) is 0 Å². The molecule has 1 unspecified atom stereocenters. The highest BCUT2D eigenvalue weighted by Crippen LogP contribution is 2.38. The van der Waals surface area contributed by atoms with E-state index in [4.69, 9.17) is 0 Å². The van der Waals surface area contributed by atoms with E-state index in [0.29, 0.717) is 15.9 Å². The van der Waals surface area contributed by atoms with Gasteiger partial charge in [-0.1, -0.05) is 13.8 Å². The molecule has 1 saturated carbocycles. The molecule has 1 heterocycles. The summed E-state index contributed by atoms with van der Waals surface area (Å²) in [4.78, 5) is 11.7. The van der Waals surface area contributed by atoms with Gasteiger partial charge in [-0.15, -0.1) is 0 Å². The third-order valence-corrected chi connectivity index (χ3v) is 4.17. The topological polar surface area (TPSA) is 46.9 Å². The average Bonchev–Trinajstić information content (AvgIpc) is 2.59. The summed E-state index contributed by atoms with van der Waals surface area (Å²) in [6.45, 7) is 4.57. The maximum Gasteiger partial charge on any atom is 0.282 e. The quantitative estimate of drug-likeness (QED) is 0.913. The molecule has 0 saturated heterocycles. The van der Waals surface area contributed by atoms with Crippen LogP contribution in [-0.2, 0) is 7.05 Å². The van der Waals surface area contributed by atoms with Crippen molar-refractivity contribution >= 4 is 21.6 Å². The van der Waals surface area contributed by atoms with Crippen LogP contribution in [0.4, 0.5) is 5.69 Å². The van der Waals surface area contributed by atoms with Crippen LogP contribution in [0.2, 0.25) is 0 Å². The Hall–Kier alpha value is -0.840. The average molecular weight is 300 g/mol. The third kappa shape index (κ3) is 2.70. The summed E-state index contributed by atoms with van der Waals surface area (Å²) in [5, 5.41) is 7.44. The Morgan fingerprint density at radius 2 is 2.29 bits per heavy atom. The maximum absolute atomic E-state index is 11.7. The number of nitrogens with zero attached hydrogens (tertiary/aromatic N) is 2. The van der Waals surface area contributed by atoms with E-state index in [2.05, 4.69) is 40.2 Å². The number of halogens is 1. The Morgan fingerprint density at radius 3 is 2.88 bits per heavy atom. The van der Waals surface area contributed by atoms with E-state index in [9.17, 15) is 4.79 Å². The third-order valence-electron chi connectivity index (χ3n) is 3.41. The van der Waals surface area contributed by atoms with Crippen LogP contribution in [0.1, 0.15) is 33.1 Å². The Labute approximate surface area is 110 Å². The van der Waals surface area contributed by atoms with Gasteiger partial charge in [-0.2, -0.15) is 5.10 Å². The SMILES string of the molecule is Cn1ncc(NC2CCC(C)(C)C2)c(Br)c1=O. The molecule has 17 heavy (non-hydrogen) atoms. The zero-order valence-corrected chi connectivity index (χ0v) is 12.0. The summed E-state index contributed by atoms with van der Waals surface area (Å²) >= 11 is 3.33. The molecular weight excluding hydrogens is 282 g/mol. The highest BCUT2D eigenvalue weighted by Gasteiger charge is 2.31. The van der Waals surface area contributed by atoms with Crippen molar-refractivity contribution in [1.29, 1.82) is 0 Å². The van der Waals surface area contributed by atoms with Crippen LogP contribution < -0.4 is 10.9 Å². The fourth-order valence-electron chi connectivity index (χ4n) is 2.39. The van der Waals surface area contributed by atoms with E-state index in [0.717, 1.165) is 18.5 Å². The van der Waals surface area contributed by atoms with Gasteiger partial charge < -0.3 is 5.32 Å². The van der Waals surface area contributed by atoms with Gasteiger partial charge >= 0.3 is 0 Å². The number of aryl methyl sites for hydroxylation is 1. The Morgan fingerprint density at radius 1 is 1.59 bits per heavy atom. The number of hydrogen-bond acceptors (Lipinski definition) is 3. The Kier molecular flexibility index (Phi) is 3.30. The van der Waals surface area contributed by atoms with Crippen LogP contribution in [0, 0.1) is 5.41 Å². The van der Waals surface area contributed by atoms with E-state index in [-0.39, 0.29) is 5.56 Å². The highest BCUT2D eigenvalue weighted by atomic mass is 79.9. The van der Waals surface area contributed by atoms with Crippen LogP contribution in [0.25, 0.3) is 0 Å². The van der Waals surface area contributed by atoms with Crippen LogP contribution in [0.3, 0.4) is 0 Å². The number of rotatable bonds is 2. The van der Waals surface area contributed by atoms with Gasteiger partial charge in [0, 0.05) is 13.1 Å². The van der Waals surface area contributed by atoms with Crippen molar-refractivity contribution in [1.82, 2.24) is 9.78 Å². The predicted octanol–water partition coefficient (Wildman–Crippen LogP) is 2.53. The molecule has 1 aliphatic rings. The zero-order chi connectivity index (χ0) is 12.6. The second-order valence-electron chi connectivity index (χ2n) is 5.55. The number of anilines is 1. The Bertz CT molecular complexity index is 481. The van der Waals surface area contributed by atoms with E-state index < -0.39 is 0 Å². The number of nitrogens with one attached hydrogen (secondary N) is 1. The van der Waals surface area contributed by atoms with E-state index >= 15 is 0 Å². The largest absolute Gasteiger partial charge is 0.380 e. The van der Waals surface area contributed by atoms with Gasteiger partial charge in [0.15, 0.2) is 0 Å². The van der Waals surface area contributed by atoms with Gasteiger partial charge in [0.1, 0.15) is 4.47 Å². The van der Waals surface area contributed by atoms with Crippen LogP contribution in [0.15, 0.2) is 15.5 Å². The fraction of sp³-hybridized carbons (Fsp3) is 0.667. The molecule has 0 aliphatic heterocycles. The van der Waals surface area contributed by atoms with Crippen molar-refractivity contribution in [2.75, 3.05) is 5.32 Å². The monoisotopic (exact) mass is 299 g/mol. The van der Waals surface area contributed by atoms with Gasteiger partial charge in [-0.05, 0) is 40.6 Å². The van der Waals surface area contributed by atoms with Gasteiger partial charge in [0.2, 0.25) is 0 Å². The molecule has 2 rings (SSSR count). The summed E-state index contributed by atoms with van der Waals surface area (Å²) in [5.74, 6) is 0. The molecule has 1 aliphatic carbocycles. The molecule has 5 heteroatoms. The van der Waals surface area contributed by atoms with Crippen molar-refractivity contribution in [2.24, 2.45) is 12.5 Å². The second-order valence-corrected chi connectivity index (χ2v) is 6.34. The minimum absolute atomic E-state index is 0.104. The first kappa shape index (κ1) is 12.6. The van der Waals surface area contributed by atoms with Gasteiger partial charge in [-0.25, -0.2) is 4.68 Å². The minimum atomic E-state index is -0.104. The molecular formula is C12H18BrN3O. The van der Waals surface area contributed by atoms with Crippen LogP contribution in [-0.4, -0.2) is 15.8 Å². The molecule has 1 fully saturated rings. The molecule has 0 radical (unpaired) electrons. The lowest BCUT2D eigenvalue weighted by Gasteiger charge is -2.19. The molecule has 1 aromatic rings. The molecule has 1 N–H and O–H groups in total. The van der Waals surface area contributed by atoms with Gasteiger partial charge in [0.25, 0.3) is 5.56 Å². The van der Waals surface area contributed by atoms with Crippen molar-refractivity contribution in [2.45, 2.75) is 39.2 Å². The summed E-state index contributed by atoms with van der Waals surface area (Å²) in [6, 6.07) is 0.440. The van der Waals surface area contributed by atoms with Gasteiger partial charge in [-0.3, -0.25) is 4.79 Å². The molecule has 0 bridgehead atoms. The maximum atomic E-state index is 11.7. The Balaban J connectivity index is 2.15. The van der Waals surface area contributed by atoms with Crippen LogP contribution >= 0.6 is 15.9 Å². The van der Waals surface area contributed by atoms with E-state index in [1.165, 1.54) is 11.1 Å². The lowest BCUT2D eigenvalue weighted by Crippen LogP contribution is -2.24. The predicted molar refractivity (Wildman–Crippen MR) is 72.2 cm³/mol. The molecule has 0 spiro atoms. The molecule has 1 aromatic heterocycles. The normalized spacial score (nSPS) is 22.7. The first-order chi connectivity index (χ1) is 7.89. The first-order valence-electron chi connectivity index (χ1n) is 5.87. The van der Waals surface area contributed by atoms with Crippen molar-refractivity contribution < 1.29 is 0 Å². The minimum Gasteiger partial charge on any atom is -0.380 e. The summed E-state index contributed by atoms with van der Waals surface area (Å²) < 4.78 is 1.90. The fourth-order valence-corrected chi connectivity index (χ4v) is 2.86. The smallest absolute Gasteiger partial charge is 0.282 e. The summed E-state index contributed by atoms with van der Waals surface area (Å²) in [5.41, 5.74) is 1.10. The first-order valence-corrected chi connectivity index (χ1v) is 6.67. The lowest BCUT2D eigenvalue weighted by molar-refractivity contribution is 0.378. The molecule has 4 nitrogen and oxygen atoms in total. The van der Waals surface area contributed by atoms with Crippen molar-refractivity contribution in [3.05, 3.63) is 21.0 Å². The molecule has 1 atom stereocenters. The molecule has 0 aromatic carbocycles. The van der Waals surface area contributed by atoms with E-state index in [1.54, 1.807) is 13.2 Å². The standard InChI is InChI=1S/C12H18BrN3O/c1-12(2)5-4-8(6-12)15-9-7-14-16(3)11(17)10(9)13/h7-8,15H,4-6H2,1-3H3. The van der Waals surface area contributed by atoms with Crippen molar-refractivity contribution in [3.63, 3.8) is 0 Å². The second kappa shape index (κ2) is 4.44. The summed E-state index contributed by atoms with van der Waals surface area (Å²) in [7, 11) is 1.65. The van der Waals surface area contributed by atoms with Gasteiger partial charge in [0.05, 0.1) is 11.9 Å². The lowest BCUT2D eigenvalue weighted by atomic mass is 9.92.